The number of anilines is 3. The molecule has 0 aliphatic carbocycles. The number of benzene rings is 2. The van der Waals surface area contributed by atoms with Crippen LogP contribution in [0.5, 0.6) is 0 Å². The number of carbonyl (C=O) groups is 3. The Hall–Kier alpha value is -3.41. The van der Waals surface area contributed by atoms with E-state index in [4.69, 9.17) is 11.6 Å². The van der Waals surface area contributed by atoms with Crippen molar-refractivity contribution in [3.63, 3.8) is 0 Å². The molecule has 3 aromatic rings. The van der Waals surface area contributed by atoms with Crippen LogP contribution in [0.3, 0.4) is 0 Å². The molecular weight excluding hydrogens is 500 g/mol. The van der Waals surface area contributed by atoms with Gasteiger partial charge in [-0.3, -0.25) is 9.59 Å². The van der Waals surface area contributed by atoms with Gasteiger partial charge in [0.1, 0.15) is 4.21 Å². The molecule has 9 nitrogen and oxygen atoms in total. The number of urea groups is 1. The topological polar surface area (TPSA) is 125 Å². The lowest BCUT2D eigenvalue weighted by Gasteiger charge is -2.27. The Bertz CT molecular complexity index is 1390. The summed E-state index contributed by atoms with van der Waals surface area (Å²) in [5, 5.41) is 5.57. The van der Waals surface area contributed by atoms with Crippen molar-refractivity contribution in [2.75, 3.05) is 22.1 Å². The second-order valence-electron chi connectivity index (χ2n) is 7.28. The van der Waals surface area contributed by atoms with Crippen molar-refractivity contribution >= 4 is 67.9 Å². The maximum Gasteiger partial charge on any atom is 0.333 e. The van der Waals surface area contributed by atoms with Gasteiger partial charge in [0.2, 0.25) is 5.91 Å². The lowest BCUT2D eigenvalue weighted by molar-refractivity contribution is -0.117. The van der Waals surface area contributed by atoms with E-state index in [1.807, 2.05) is 11.6 Å². The summed E-state index contributed by atoms with van der Waals surface area (Å²) in [7, 11) is -4.06. The molecule has 176 valence electrons. The number of nitrogens with zero attached hydrogens (tertiary/aromatic N) is 1. The van der Waals surface area contributed by atoms with Crippen LogP contribution in [0.25, 0.3) is 0 Å². The van der Waals surface area contributed by atoms with Gasteiger partial charge in [-0.1, -0.05) is 11.6 Å². The highest BCUT2D eigenvalue weighted by Gasteiger charge is 2.32. The summed E-state index contributed by atoms with van der Waals surface area (Å²) >= 11 is 6.57. The summed E-state index contributed by atoms with van der Waals surface area (Å²) < 4.78 is 26.5. The summed E-state index contributed by atoms with van der Waals surface area (Å²) in [4.78, 5) is 38.9. The highest BCUT2D eigenvalue weighted by atomic mass is 35.5. The smallest absolute Gasteiger partial charge is 0.333 e. The van der Waals surface area contributed by atoms with E-state index in [0.717, 1.165) is 28.5 Å². The number of amides is 4. The normalized spacial score (nSPS) is 13.4. The number of rotatable bonds is 6. The van der Waals surface area contributed by atoms with Crippen LogP contribution >= 0.6 is 22.9 Å². The second-order valence-corrected chi connectivity index (χ2v) is 10.9. The third-order valence-electron chi connectivity index (χ3n) is 4.93. The van der Waals surface area contributed by atoms with Crippen LogP contribution < -0.4 is 20.3 Å². The van der Waals surface area contributed by atoms with Crippen molar-refractivity contribution in [2.45, 2.75) is 17.6 Å². The summed E-state index contributed by atoms with van der Waals surface area (Å²) in [6, 6.07) is 13.0. The Kier molecular flexibility index (Phi) is 6.60. The predicted molar refractivity (Wildman–Crippen MR) is 131 cm³/mol. The van der Waals surface area contributed by atoms with Crippen LogP contribution in [0, 0.1) is 0 Å². The average molecular weight is 519 g/mol. The van der Waals surface area contributed by atoms with Gasteiger partial charge in [-0.05, 0) is 67.1 Å². The number of halogens is 1. The van der Waals surface area contributed by atoms with Crippen molar-refractivity contribution in [3.05, 3.63) is 70.1 Å². The quantitative estimate of drug-likeness (QED) is 0.422. The van der Waals surface area contributed by atoms with Gasteiger partial charge in [-0.2, -0.15) is 0 Å². The van der Waals surface area contributed by atoms with E-state index in [2.05, 4.69) is 10.6 Å². The molecule has 12 heteroatoms. The molecule has 0 spiro atoms. The first kappa shape index (κ1) is 23.7. The highest BCUT2D eigenvalue weighted by Crippen LogP contribution is 2.29. The molecule has 2 heterocycles. The van der Waals surface area contributed by atoms with Gasteiger partial charge < -0.3 is 10.6 Å². The molecule has 34 heavy (non-hydrogen) atoms. The Labute approximate surface area is 204 Å². The number of carbonyl (C=O) groups excluding carboxylic acids is 3. The van der Waals surface area contributed by atoms with E-state index in [0.29, 0.717) is 16.8 Å². The van der Waals surface area contributed by atoms with E-state index >= 15 is 0 Å². The van der Waals surface area contributed by atoms with Gasteiger partial charge in [0.05, 0.1) is 16.4 Å². The van der Waals surface area contributed by atoms with E-state index in [1.165, 1.54) is 36.4 Å². The molecule has 0 radical (unpaired) electrons. The zero-order valence-corrected chi connectivity index (χ0v) is 20.2. The summed E-state index contributed by atoms with van der Waals surface area (Å²) in [5.74, 6) is -0.807. The standard InChI is InChI=1S/C22H19ClN4O5S2/c1-2-24-15-5-8-17-13(11-15)12-19(28)27(21(17)29)16-6-3-14(4-7-16)25-22(30)26-34(31,32)20-10-9-18(23)33-20/h3-11,24H,2,12H2,1H3,(H2,25,26,30). The lowest BCUT2D eigenvalue weighted by atomic mass is 9.97. The Morgan fingerprint density at radius 1 is 1.06 bits per heavy atom. The number of fused-ring (bicyclic) bond motifs is 1. The first-order chi connectivity index (χ1) is 16.2. The molecule has 2 aromatic carbocycles. The number of sulfonamides is 1. The lowest BCUT2D eigenvalue weighted by Crippen LogP contribution is -2.42. The summed E-state index contributed by atoms with van der Waals surface area (Å²) in [5.41, 5.74) is 2.55. The molecule has 0 saturated heterocycles. The van der Waals surface area contributed by atoms with Crippen LogP contribution in [0.1, 0.15) is 22.8 Å². The molecule has 4 amide bonds. The van der Waals surface area contributed by atoms with Crippen LogP contribution in [0.4, 0.5) is 21.9 Å². The molecule has 1 aliphatic rings. The minimum atomic E-state index is -4.06. The van der Waals surface area contributed by atoms with Gasteiger partial charge in [-0.15, -0.1) is 11.3 Å². The molecule has 0 unspecified atom stereocenters. The van der Waals surface area contributed by atoms with E-state index in [-0.39, 0.29) is 26.6 Å². The maximum absolute atomic E-state index is 13.0. The first-order valence-corrected chi connectivity index (χ1v) is 12.8. The monoisotopic (exact) mass is 518 g/mol. The van der Waals surface area contributed by atoms with Gasteiger partial charge in [0, 0.05) is 23.5 Å². The Morgan fingerprint density at radius 3 is 2.41 bits per heavy atom. The van der Waals surface area contributed by atoms with Gasteiger partial charge in [0.15, 0.2) is 0 Å². The average Bonchev–Trinajstić information content (AvgIpc) is 3.22. The number of hydrogen-bond donors (Lipinski definition) is 3. The van der Waals surface area contributed by atoms with Crippen LogP contribution in [0.15, 0.2) is 58.8 Å². The zero-order chi connectivity index (χ0) is 24.5. The third kappa shape index (κ3) is 4.91. The van der Waals surface area contributed by atoms with Crippen molar-refractivity contribution in [2.24, 2.45) is 0 Å². The zero-order valence-electron chi connectivity index (χ0n) is 17.8. The fourth-order valence-corrected chi connectivity index (χ4v) is 5.85. The van der Waals surface area contributed by atoms with E-state index in [1.54, 1.807) is 18.2 Å². The SMILES string of the molecule is CCNc1ccc2c(c1)CC(=O)N(c1ccc(NC(=O)NS(=O)(=O)c3ccc(Cl)s3)cc1)C2=O. The van der Waals surface area contributed by atoms with Crippen molar-refractivity contribution in [3.8, 4) is 0 Å². The molecule has 0 fully saturated rings. The van der Waals surface area contributed by atoms with Crippen LogP contribution in [-0.4, -0.2) is 32.8 Å². The highest BCUT2D eigenvalue weighted by molar-refractivity contribution is 7.92. The molecular formula is C22H19ClN4O5S2. The number of thiophene rings is 1. The number of imide groups is 1. The molecule has 0 atom stereocenters. The Morgan fingerprint density at radius 2 is 1.76 bits per heavy atom. The van der Waals surface area contributed by atoms with E-state index in [9.17, 15) is 22.8 Å². The largest absolute Gasteiger partial charge is 0.385 e. The summed E-state index contributed by atoms with van der Waals surface area (Å²) in [6.45, 7) is 2.68. The maximum atomic E-state index is 13.0. The molecule has 1 aromatic heterocycles. The third-order valence-corrected chi connectivity index (χ3v) is 7.99. The van der Waals surface area contributed by atoms with Gasteiger partial charge >= 0.3 is 6.03 Å². The molecule has 3 N–H and O–H groups in total. The van der Waals surface area contributed by atoms with Crippen LogP contribution in [0.2, 0.25) is 4.34 Å². The minimum absolute atomic E-state index is 0.0767. The second kappa shape index (κ2) is 9.45. The molecule has 1 aliphatic heterocycles. The molecule has 4 rings (SSSR count). The van der Waals surface area contributed by atoms with Crippen molar-refractivity contribution < 1.29 is 22.8 Å². The fraction of sp³-hybridized carbons (Fsp3) is 0.136. The van der Waals surface area contributed by atoms with Crippen molar-refractivity contribution in [1.29, 1.82) is 0 Å². The minimum Gasteiger partial charge on any atom is -0.385 e. The number of nitrogens with one attached hydrogen (secondary N) is 3. The van der Waals surface area contributed by atoms with Crippen molar-refractivity contribution in [1.82, 2.24) is 4.72 Å². The van der Waals surface area contributed by atoms with Gasteiger partial charge in [0.25, 0.3) is 15.9 Å². The first-order valence-electron chi connectivity index (χ1n) is 10.1. The predicted octanol–water partition coefficient (Wildman–Crippen LogP) is 4.07. The van der Waals surface area contributed by atoms with Gasteiger partial charge in [-0.25, -0.2) is 22.8 Å². The fourth-order valence-electron chi connectivity index (χ4n) is 3.46. The molecule has 0 bridgehead atoms. The summed E-state index contributed by atoms with van der Waals surface area (Å²) in [6.07, 6.45) is 0.0767. The Balaban J connectivity index is 1.46. The molecule has 0 saturated carbocycles. The van der Waals surface area contributed by atoms with Crippen LogP contribution in [-0.2, 0) is 21.2 Å². The van der Waals surface area contributed by atoms with E-state index < -0.39 is 22.0 Å². The number of hydrogen-bond acceptors (Lipinski definition) is 7.